The largest absolute Gasteiger partial charge is 0.459 e. The van der Waals surface area contributed by atoms with E-state index in [0.717, 1.165) is 5.56 Å². The molecule has 0 saturated heterocycles. The maximum Gasteiger partial charge on any atom is 0.243 e. The van der Waals surface area contributed by atoms with Gasteiger partial charge >= 0.3 is 0 Å². The molecule has 0 aliphatic carbocycles. The van der Waals surface area contributed by atoms with Crippen LogP contribution in [0, 0.1) is 0 Å². The maximum atomic E-state index is 13.4. The Morgan fingerprint density at radius 3 is 2.30 bits per heavy atom. The highest BCUT2D eigenvalue weighted by Gasteiger charge is 2.26. The van der Waals surface area contributed by atoms with Gasteiger partial charge in [-0.05, 0) is 60.2 Å². The molecule has 4 rings (SSSR count). The van der Waals surface area contributed by atoms with Crippen LogP contribution < -0.4 is 0 Å². The molecule has 0 N–H and O–H groups in total. The SMILES string of the molecule is O=S(=O)(c1ccc(Cl)cc1)N(Cc1ccccc1)Cc1ccc(C=Nc2cccc(Cl)c2)o1. The number of nitrogens with zero attached hydrogens (tertiary/aromatic N) is 2. The second kappa shape index (κ2) is 10.4. The van der Waals surface area contributed by atoms with E-state index in [1.165, 1.54) is 16.4 Å². The van der Waals surface area contributed by atoms with Crippen molar-refractivity contribution in [1.29, 1.82) is 0 Å². The normalized spacial score (nSPS) is 12.0. The summed E-state index contributed by atoms with van der Waals surface area (Å²) in [6.07, 6.45) is 1.57. The summed E-state index contributed by atoms with van der Waals surface area (Å²) in [6, 6.07) is 26.2. The molecule has 0 aliphatic heterocycles. The molecular weight excluding hydrogens is 479 g/mol. The van der Waals surface area contributed by atoms with Crippen LogP contribution in [0.25, 0.3) is 0 Å². The van der Waals surface area contributed by atoms with Crippen molar-refractivity contribution in [2.24, 2.45) is 4.99 Å². The van der Waals surface area contributed by atoms with Gasteiger partial charge in [0.25, 0.3) is 0 Å². The molecule has 0 aliphatic rings. The summed E-state index contributed by atoms with van der Waals surface area (Å²) < 4.78 is 34.0. The van der Waals surface area contributed by atoms with Crippen molar-refractivity contribution in [1.82, 2.24) is 4.31 Å². The third kappa shape index (κ3) is 6.12. The van der Waals surface area contributed by atoms with E-state index in [2.05, 4.69) is 4.99 Å². The summed E-state index contributed by atoms with van der Waals surface area (Å²) in [4.78, 5) is 4.52. The molecular formula is C25H20Cl2N2O3S. The fourth-order valence-corrected chi connectivity index (χ4v) is 4.89. The van der Waals surface area contributed by atoms with E-state index < -0.39 is 10.0 Å². The van der Waals surface area contributed by atoms with Crippen molar-refractivity contribution in [2.75, 3.05) is 0 Å². The lowest BCUT2D eigenvalue weighted by Gasteiger charge is -2.21. The van der Waals surface area contributed by atoms with Gasteiger partial charge < -0.3 is 4.42 Å². The molecule has 0 unspecified atom stereocenters. The first-order chi connectivity index (χ1) is 15.9. The van der Waals surface area contributed by atoms with Crippen molar-refractivity contribution < 1.29 is 12.8 Å². The molecule has 1 heterocycles. The van der Waals surface area contributed by atoms with Crippen molar-refractivity contribution in [2.45, 2.75) is 18.0 Å². The van der Waals surface area contributed by atoms with Crippen LogP contribution in [0.3, 0.4) is 0 Å². The van der Waals surface area contributed by atoms with Crippen LogP contribution in [0.15, 0.2) is 105 Å². The highest BCUT2D eigenvalue weighted by molar-refractivity contribution is 7.89. The maximum absolute atomic E-state index is 13.4. The molecule has 4 aromatic rings. The van der Waals surface area contributed by atoms with Gasteiger partial charge in [-0.25, -0.2) is 8.42 Å². The molecule has 33 heavy (non-hydrogen) atoms. The number of furan rings is 1. The zero-order chi connectivity index (χ0) is 23.3. The molecule has 0 amide bonds. The quantitative estimate of drug-likeness (QED) is 0.253. The average molecular weight is 499 g/mol. The van der Waals surface area contributed by atoms with Crippen LogP contribution in [0.4, 0.5) is 5.69 Å². The van der Waals surface area contributed by atoms with Gasteiger partial charge in [-0.3, -0.25) is 4.99 Å². The fraction of sp³-hybridized carbons (Fsp3) is 0.0800. The van der Waals surface area contributed by atoms with E-state index in [4.69, 9.17) is 27.6 Å². The van der Waals surface area contributed by atoms with Crippen LogP contribution in [0.2, 0.25) is 10.0 Å². The number of hydrogen-bond donors (Lipinski definition) is 0. The van der Waals surface area contributed by atoms with Gasteiger partial charge in [-0.2, -0.15) is 4.31 Å². The topological polar surface area (TPSA) is 62.9 Å². The van der Waals surface area contributed by atoms with Gasteiger partial charge in [-0.1, -0.05) is 59.6 Å². The lowest BCUT2D eigenvalue weighted by molar-refractivity contribution is 0.357. The van der Waals surface area contributed by atoms with Gasteiger partial charge in [0, 0.05) is 16.6 Å². The summed E-state index contributed by atoms with van der Waals surface area (Å²) in [6.45, 7) is 0.253. The Labute approximate surface area is 203 Å². The molecule has 8 heteroatoms. The third-order valence-electron chi connectivity index (χ3n) is 4.82. The van der Waals surface area contributed by atoms with Crippen LogP contribution in [0.1, 0.15) is 17.1 Å². The van der Waals surface area contributed by atoms with Crippen molar-refractivity contribution in [3.05, 3.63) is 118 Å². The Balaban J connectivity index is 1.58. The molecule has 0 spiro atoms. The highest BCUT2D eigenvalue weighted by atomic mass is 35.5. The first kappa shape index (κ1) is 23.3. The lowest BCUT2D eigenvalue weighted by Crippen LogP contribution is -2.30. The highest BCUT2D eigenvalue weighted by Crippen LogP contribution is 2.24. The Bertz CT molecular complexity index is 1350. The molecule has 0 atom stereocenters. The van der Waals surface area contributed by atoms with E-state index in [-0.39, 0.29) is 18.0 Å². The molecule has 0 radical (unpaired) electrons. The van der Waals surface area contributed by atoms with E-state index in [9.17, 15) is 8.42 Å². The van der Waals surface area contributed by atoms with Crippen LogP contribution in [-0.4, -0.2) is 18.9 Å². The van der Waals surface area contributed by atoms with Gasteiger partial charge in [0.05, 0.1) is 23.3 Å². The van der Waals surface area contributed by atoms with E-state index in [1.54, 1.807) is 42.6 Å². The Morgan fingerprint density at radius 1 is 0.818 bits per heavy atom. The van der Waals surface area contributed by atoms with Gasteiger partial charge in [-0.15, -0.1) is 0 Å². The summed E-state index contributed by atoms with van der Waals surface area (Å²) in [7, 11) is -3.80. The monoisotopic (exact) mass is 498 g/mol. The zero-order valence-corrected chi connectivity index (χ0v) is 19.8. The average Bonchev–Trinajstić information content (AvgIpc) is 3.26. The molecule has 0 bridgehead atoms. The van der Waals surface area contributed by atoms with Crippen LogP contribution >= 0.6 is 23.2 Å². The van der Waals surface area contributed by atoms with Crippen LogP contribution in [0.5, 0.6) is 0 Å². The number of sulfonamides is 1. The Morgan fingerprint density at radius 2 is 1.58 bits per heavy atom. The van der Waals surface area contributed by atoms with Gasteiger partial charge in [0.1, 0.15) is 11.5 Å². The zero-order valence-electron chi connectivity index (χ0n) is 17.4. The number of rotatable bonds is 8. The first-order valence-electron chi connectivity index (χ1n) is 10.1. The standard InChI is InChI=1S/C25H20Cl2N2O3S/c26-20-9-13-25(14-10-20)33(30,31)29(17-19-5-2-1-3-6-19)18-24-12-11-23(32-24)16-28-22-8-4-7-21(27)15-22/h1-16H,17-18H2. The lowest BCUT2D eigenvalue weighted by atomic mass is 10.2. The second-order valence-electron chi connectivity index (χ2n) is 7.25. The minimum atomic E-state index is -3.80. The number of aliphatic imine (C=N–C) groups is 1. The van der Waals surface area contributed by atoms with Crippen molar-refractivity contribution in [3.63, 3.8) is 0 Å². The molecule has 0 fully saturated rings. The molecule has 168 valence electrons. The Hall–Kier alpha value is -2.90. The van der Waals surface area contributed by atoms with E-state index in [0.29, 0.717) is 27.3 Å². The van der Waals surface area contributed by atoms with Crippen LogP contribution in [-0.2, 0) is 23.1 Å². The summed E-state index contributed by atoms with van der Waals surface area (Å²) >= 11 is 11.9. The minimum absolute atomic E-state index is 0.0604. The minimum Gasteiger partial charge on any atom is -0.459 e. The first-order valence-corrected chi connectivity index (χ1v) is 12.3. The van der Waals surface area contributed by atoms with Crippen molar-refractivity contribution in [3.8, 4) is 0 Å². The van der Waals surface area contributed by atoms with Gasteiger partial charge in [0.2, 0.25) is 10.0 Å². The smallest absolute Gasteiger partial charge is 0.243 e. The molecule has 3 aromatic carbocycles. The molecule has 5 nitrogen and oxygen atoms in total. The predicted octanol–water partition coefficient (Wildman–Crippen LogP) is 6.73. The number of halogens is 2. The van der Waals surface area contributed by atoms with E-state index >= 15 is 0 Å². The second-order valence-corrected chi connectivity index (χ2v) is 10.1. The fourth-order valence-electron chi connectivity index (χ4n) is 3.19. The summed E-state index contributed by atoms with van der Waals surface area (Å²) in [5.41, 5.74) is 1.56. The van der Waals surface area contributed by atoms with Gasteiger partial charge in [0.15, 0.2) is 0 Å². The summed E-state index contributed by atoms with van der Waals surface area (Å²) in [5, 5.41) is 1.06. The molecule has 1 aromatic heterocycles. The number of benzene rings is 3. The summed E-state index contributed by atoms with van der Waals surface area (Å²) in [5.74, 6) is 1.00. The Kier molecular flexibility index (Phi) is 7.30. The van der Waals surface area contributed by atoms with E-state index in [1.807, 2.05) is 42.5 Å². The number of hydrogen-bond acceptors (Lipinski definition) is 4. The third-order valence-corrected chi connectivity index (χ3v) is 7.11. The predicted molar refractivity (Wildman–Crippen MR) is 132 cm³/mol. The molecule has 0 saturated carbocycles. The van der Waals surface area contributed by atoms with Crippen molar-refractivity contribution >= 4 is 45.1 Å².